The van der Waals surface area contributed by atoms with Crippen LogP contribution in [0.5, 0.6) is 5.75 Å². The number of benzene rings is 1. The molecular formula is C12H15F2NO. The monoisotopic (exact) mass is 227 g/mol. The van der Waals surface area contributed by atoms with Gasteiger partial charge in [-0.1, -0.05) is 0 Å². The molecule has 1 saturated carbocycles. The smallest absolute Gasteiger partial charge is 0.165 e. The number of rotatable bonds is 3. The van der Waals surface area contributed by atoms with Crippen molar-refractivity contribution in [1.29, 1.82) is 0 Å². The molecule has 0 radical (unpaired) electrons. The predicted octanol–water partition coefficient (Wildman–Crippen LogP) is 2.64. The lowest BCUT2D eigenvalue weighted by molar-refractivity contribution is 0.240. The Morgan fingerprint density at radius 1 is 1.44 bits per heavy atom. The summed E-state index contributed by atoms with van der Waals surface area (Å²) in [6.07, 6.45) is 2.60. The number of nitrogens with two attached hydrogens (primary N) is 1. The molecule has 0 heterocycles. The molecule has 2 nitrogen and oxygen atoms in total. The molecule has 0 saturated heterocycles. The second-order valence-corrected chi connectivity index (χ2v) is 4.30. The third-order valence-corrected chi connectivity index (χ3v) is 3.24. The number of methoxy groups -OCH3 is 1. The molecule has 0 spiro atoms. The molecule has 0 aromatic heterocycles. The van der Waals surface area contributed by atoms with Gasteiger partial charge in [0.1, 0.15) is 6.67 Å². The molecule has 1 aromatic rings. The van der Waals surface area contributed by atoms with Crippen molar-refractivity contribution in [1.82, 2.24) is 0 Å². The van der Waals surface area contributed by atoms with Crippen molar-refractivity contribution in [2.75, 3.05) is 7.11 Å². The van der Waals surface area contributed by atoms with Gasteiger partial charge in [0, 0.05) is 11.1 Å². The Kier molecular flexibility index (Phi) is 2.84. The molecule has 2 rings (SSSR count). The van der Waals surface area contributed by atoms with Gasteiger partial charge >= 0.3 is 0 Å². The van der Waals surface area contributed by atoms with Crippen LogP contribution in [0.4, 0.5) is 8.78 Å². The SMILES string of the molecule is COc1c(F)cc(CF)cc1C1(N)CCC1. The van der Waals surface area contributed by atoms with Crippen LogP contribution in [0.2, 0.25) is 0 Å². The highest BCUT2D eigenvalue weighted by atomic mass is 19.1. The average molecular weight is 227 g/mol. The van der Waals surface area contributed by atoms with Crippen molar-refractivity contribution in [3.05, 3.63) is 29.1 Å². The van der Waals surface area contributed by atoms with Gasteiger partial charge in [-0.15, -0.1) is 0 Å². The second-order valence-electron chi connectivity index (χ2n) is 4.30. The van der Waals surface area contributed by atoms with Crippen molar-refractivity contribution in [2.45, 2.75) is 31.5 Å². The molecule has 1 aromatic carbocycles. The summed E-state index contributed by atoms with van der Waals surface area (Å²) in [5.41, 5.74) is 6.48. The van der Waals surface area contributed by atoms with Crippen molar-refractivity contribution in [3.63, 3.8) is 0 Å². The summed E-state index contributed by atoms with van der Waals surface area (Å²) < 4.78 is 31.2. The van der Waals surface area contributed by atoms with E-state index >= 15 is 0 Å². The lowest BCUT2D eigenvalue weighted by Crippen LogP contribution is -2.43. The van der Waals surface area contributed by atoms with Gasteiger partial charge in [-0.2, -0.15) is 0 Å². The summed E-state index contributed by atoms with van der Waals surface area (Å²) in [5, 5.41) is 0. The third-order valence-electron chi connectivity index (χ3n) is 3.24. The minimum atomic E-state index is -0.690. The van der Waals surface area contributed by atoms with Gasteiger partial charge < -0.3 is 10.5 Å². The summed E-state index contributed by atoms with van der Waals surface area (Å²) in [7, 11) is 1.40. The fourth-order valence-corrected chi connectivity index (χ4v) is 2.13. The maximum Gasteiger partial charge on any atom is 0.165 e. The molecule has 4 heteroatoms. The number of hydrogen-bond donors (Lipinski definition) is 1. The molecule has 0 atom stereocenters. The van der Waals surface area contributed by atoms with Crippen LogP contribution in [0, 0.1) is 5.82 Å². The number of alkyl halides is 1. The van der Waals surface area contributed by atoms with E-state index in [0.29, 0.717) is 11.1 Å². The normalized spacial score (nSPS) is 18.0. The van der Waals surface area contributed by atoms with Crippen LogP contribution >= 0.6 is 0 Å². The van der Waals surface area contributed by atoms with E-state index in [0.717, 1.165) is 25.3 Å². The Balaban J connectivity index is 2.52. The average Bonchev–Trinajstić information content (AvgIpc) is 2.24. The minimum absolute atomic E-state index is 0.152. The van der Waals surface area contributed by atoms with E-state index in [4.69, 9.17) is 10.5 Å². The summed E-state index contributed by atoms with van der Waals surface area (Å²) in [6, 6.07) is 2.77. The molecular weight excluding hydrogens is 212 g/mol. The lowest BCUT2D eigenvalue weighted by atomic mass is 9.72. The molecule has 0 unspecified atom stereocenters. The molecule has 1 aliphatic carbocycles. The van der Waals surface area contributed by atoms with Crippen LogP contribution in [0.3, 0.4) is 0 Å². The fraction of sp³-hybridized carbons (Fsp3) is 0.500. The van der Waals surface area contributed by atoms with Gasteiger partial charge in [0.05, 0.1) is 7.11 Å². The Labute approximate surface area is 93.4 Å². The van der Waals surface area contributed by atoms with Crippen molar-refractivity contribution >= 4 is 0 Å². The van der Waals surface area contributed by atoms with Gasteiger partial charge in [0.15, 0.2) is 11.6 Å². The first kappa shape index (κ1) is 11.3. The Morgan fingerprint density at radius 3 is 2.56 bits per heavy atom. The highest BCUT2D eigenvalue weighted by Gasteiger charge is 2.37. The highest BCUT2D eigenvalue weighted by Crippen LogP contribution is 2.44. The van der Waals surface area contributed by atoms with E-state index in [2.05, 4.69) is 0 Å². The van der Waals surface area contributed by atoms with Gasteiger partial charge in [-0.25, -0.2) is 8.78 Å². The number of halogens is 2. The molecule has 16 heavy (non-hydrogen) atoms. The van der Waals surface area contributed by atoms with Crippen LogP contribution in [0.1, 0.15) is 30.4 Å². The van der Waals surface area contributed by atoms with E-state index in [1.165, 1.54) is 7.11 Å². The first-order chi connectivity index (χ1) is 7.60. The summed E-state index contributed by atoms with van der Waals surface area (Å²) in [4.78, 5) is 0. The zero-order chi connectivity index (χ0) is 11.8. The molecule has 1 aliphatic rings. The van der Waals surface area contributed by atoms with Crippen LogP contribution < -0.4 is 10.5 Å². The van der Waals surface area contributed by atoms with Gasteiger partial charge in [-0.3, -0.25) is 0 Å². The van der Waals surface area contributed by atoms with Gasteiger partial charge in [0.25, 0.3) is 0 Å². The third kappa shape index (κ3) is 1.67. The molecule has 2 N–H and O–H groups in total. The first-order valence-electron chi connectivity index (χ1n) is 5.32. The summed E-state index contributed by atoms with van der Waals surface area (Å²) in [5.74, 6) is -0.385. The van der Waals surface area contributed by atoms with Gasteiger partial charge in [-0.05, 0) is 37.0 Å². The predicted molar refractivity (Wildman–Crippen MR) is 57.5 cm³/mol. The minimum Gasteiger partial charge on any atom is -0.493 e. The molecule has 0 amide bonds. The lowest BCUT2D eigenvalue weighted by Gasteiger charge is -2.39. The Bertz CT molecular complexity index is 402. The molecule has 0 bridgehead atoms. The van der Waals surface area contributed by atoms with E-state index in [-0.39, 0.29) is 5.75 Å². The van der Waals surface area contributed by atoms with Crippen molar-refractivity contribution in [3.8, 4) is 5.75 Å². The zero-order valence-electron chi connectivity index (χ0n) is 9.22. The number of hydrogen-bond acceptors (Lipinski definition) is 2. The zero-order valence-corrected chi connectivity index (χ0v) is 9.22. The van der Waals surface area contributed by atoms with Crippen LogP contribution in [-0.2, 0) is 12.2 Å². The summed E-state index contributed by atoms with van der Waals surface area (Å²) >= 11 is 0. The topological polar surface area (TPSA) is 35.2 Å². The van der Waals surface area contributed by atoms with Crippen LogP contribution in [-0.4, -0.2) is 7.11 Å². The quantitative estimate of drug-likeness (QED) is 0.861. The number of ether oxygens (including phenoxy) is 1. The van der Waals surface area contributed by atoms with Gasteiger partial charge in [0.2, 0.25) is 0 Å². The molecule has 0 aliphatic heterocycles. The molecule has 88 valence electrons. The van der Waals surface area contributed by atoms with Crippen LogP contribution in [0.15, 0.2) is 12.1 Å². The van der Waals surface area contributed by atoms with E-state index in [9.17, 15) is 8.78 Å². The van der Waals surface area contributed by atoms with Crippen molar-refractivity contribution < 1.29 is 13.5 Å². The molecule has 1 fully saturated rings. The maximum atomic E-state index is 13.6. The summed E-state index contributed by atoms with van der Waals surface area (Å²) in [6.45, 7) is -0.690. The van der Waals surface area contributed by atoms with Crippen LogP contribution in [0.25, 0.3) is 0 Å². The first-order valence-corrected chi connectivity index (χ1v) is 5.32. The fourth-order valence-electron chi connectivity index (χ4n) is 2.13. The highest BCUT2D eigenvalue weighted by molar-refractivity contribution is 5.44. The van der Waals surface area contributed by atoms with E-state index in [1.54, 1.807) is 6.07 Å². The largest absolute Gasteiger partial charge is 0.493 e. The van der Waals surface area contributed by atoms with E-state index < -0.39 is 18.0 Å². The maximum absolute atomic E-state index is 13.6. The van der Waals surface area contributed by atoms with E-state index in [1.807, 2.05) is 0 Å². The Morgan fingerprint density at radius 2 is 2.12 bits per heavy atom. The van der Waals surface area contributed by atoms with Crippen molar-refractivity contribution in [2.24, 2.45) is 5.73 Å². The Hall–Kier alpha value is -1.16. The standard InChI is InChI=1S/C12H15F2NO/c1-16-11-9(12(15)3-2-4-12)5-8(7-13)6-10(11)14/h5-6H,2-4,7,15H2,1H3. The second kappa shape index (κ2) is 4.01.